The molecule has 4 rings (SSSR count). The highest BCUT2D eigenvalue weighted by Gasteiger charge is 2.27. The molecule has 0 radical (unpaired) electrons. The predicted molar refractivity (Wildman–Crippen MR) is 94.2 cm³/mol. The number of nitrogens with two attached hydrogens (primary N) is 1. The Morgan fingerprint density at radius 3 is 2.68 bits per heavy atom. The van der Waals surface area contributed by atoms with E-state index in [1.54, 1.807) is 4.52 Å². The van der Waals surface area contributed by atoms with Crippen LogP contribution in [0.5, 0.6) is 0 Å². The number of aromatic nitrogens is 3. The lowest BCUT2D eigenvalue weighted by Crippen LogP contribution is -2.31. The molecule has 2 aromatic heterocycles. The molecule has 1 fully saturated rings. The number of benzene rings is 1. The number of imidazole rings is 1. The Bertz CT molecular complexity index is 949. The van der Waals surface area contributed by atoms with E-state index in [2.05, 4.69) is 29.1 Å². The molecule has 6 nitrogen and oxygen atoms in total. The van der Waals surface area contributed by atoms with E-state index in [0.29, 0.717) is 23.0 Å². The molecule has 3 aromatic rings. The van der Waals surface area contributed by atoms with Crippen LogP contribution in [-0.2, 0) is 0 Å². The Labute approximate surface area is 144 Å². The van der Waals surface area contributed by atoms with Gasteiger partial charge in [-0.05, 0) is 57.8 Å². The van der Waals surface area contributed by atoms with E-state index < -0.39 is 11.7 Å². The first-order valence-corrected chi connectivity index (χ1v) is 8.60. The monoisotopic (exact) mass is 343 g/mol. The Kier molecular flexibility index (Phi) is 3.76. The summed E-state index contributed by atoms with van der Waals surface area (Å²) in [5.41, 5.74) is 8.61. The van der Waals surface area contributed by atoms with Crippen LogP contribution < -0.4 is 5.73 Å². The van der Waals surface area contributed by atoms with Crippen LogP contribution in [0.4, 0.5) is 4.39 Å². The number of fused-ring (bicyclic) bond motifs is 3. The lowest BCUT2D eigenvalue weighted by molar-refractivity contribution is 0.100. The van der Waals surface area contributed by atoms with Crippen molar-refractivity contribution in [3.63, 3.8) is 0 Å². The van der Waals surface area contributed by atoms with Gasteiger partial charge in [0.15, 0.2) is 0 Å². The summed E-state index contributed by atoms with van der Waals surface area (Å²) in [7, 11) is 4.25. The van der Waals surface area contributed by atoms with Crippen LogP contribution in [0, 0.1) is 5.82 Å². The van der Waals surface area contributed by atoms with Gasteiger partial charge in [0.25, 0.3) is 5.91 Å². The SMILES string of the molecule is CN(C)C1CCC(c2cnn3c2[nH]c2cc(F)cc(C(N)=O)c23)CC1. The van der Waals surface area contributed by atoms with E-state index >= 15 is 0 Å². The molecule has 7 heteroatoms. The number of nitrogens with one attached hydrogen (secondary N) is 1. The maximum atomic E-state index is 13.8. The molecule has 0 spiro atoms. The highest BCUT2D eigenvalue weighted by atomic mass is 19.1. The molecule has 3 N–H and O–H groups in total. The van der Waals surface area contributed by atoms with Gasteiger partial charge < -0.3 is 15.6 Å². The number of halogens is 1. The molecule has 0 bridgehead atoms. The second-order valence-corrected chi connectivity index (χ2v) is 7.17. The van der Waals surface area contributed by atoms with Gasteiger partial charge in [0.05, 0.1) is 17.3 Å². The summed E-state index contributed by atoms with van der Waals surface area (Å²) in [6.45, 7) is 0. The maximum absolute atomic E-state index is 13.8. The van der Waals surface area contributed by atoms with Crippen LogP contribution in [0.25, 0.3) is 16.7 Å². The Hall–Kier alpha value is -2.41. The molecule has 1 aliphatic rings. The van der Waals surface area contributed by atoms with Crippen molar-refractivity contribution < 1.29 is 9.18 Å². The average molecular weight is 343 g/mol. The number of aromatic amines is 1. The van der Waals surface area contributed by atoms with Crippen LogP contribution >= 0.6 is 0 Å². The standard InChI is InChI=1S/C18H22FN5O/c1-23(2)12-5-3-10(4-6-12)14-9-21-24-16-13(17(20)25)7-11(19)8-15(16)22-18(14)24/h7-10,12,22H,3-6H2,1-2H3,(H2,20,25). The Balaban J connectivity index is 1.78. The zero-order valence-electron chi connectivity index (χ0n) is 14.4. The largest absolute Gasteiger partial charge is 0.366 e. The molecular formula is C18H22FN5O. The van der Waals surface area contributed by atoms with Crippen LogP contribution in [0.2, 0.25) is 0 Å². The van der Waals surface area contributed by atoms with Gasteiger partial charge in [-0.3, -0.25) is 4.79 Å². The van der Waals surface area contributed by atoms with Crippen molar-refractivity contribution in [2.24, 2.45) is 5.73 Å². The molecule has 1 saturated carbocycles. The topological polar surface area (TPSA) is 79.4 Å². The zero-order chi connectivity index (χ0) is 17.7. The molecule has 0 aliphatic heterocycles. The molecule has 132 valence electrons. The van der Waals surface area contributed by atoms with Crippen molar-refractivity contribution in [2.45, 2.75) is 37.6 Å². The molecule has 0 unspecified atom stereocenters. The number of carbonyl (C=O) groups excluding carboxylic acids is 1. The number of hydrogen-bond donors (Lipinski definition) is 2. The van der Waals surface area contributed by atoms with Crippen LogP contribution in [0.15, 0.2) is 18.3 Å². The van der Waals surface area contributed by atoms with E-state index in [1.165, 1.54) is 12.1 Å². The summed E-state index contributed by atoms with van der Waals surface area (Å²) in [6, 6.07) is 3.17. The van der Waals surface area contributed by atoms with Gasteiger partial charge in [-0.1, -0.05) is 0 Å². The Morgan fingerprint density at radius 2 is 2.04 bits per heavy atom. The molecule has 0 saturated heterocycles. The normalized spacial score (nSPS) is 21.4. The van der Waals surface area contributed by atoms with Crippen molar-refractivity contribution in [2.75, 3.05) is 14.1 Å². The van der Waals surface area contributed by atoms with Gasteiger partial charge in [0.1, 0.15) is 17.0 Å². The summed E-state index contributed by atoms with van der Waals surface area (Å²) in [6.07, 6.45) is 6.35. The molecule has 1 aliphatic carbocycles. The summed E-state index contributed by atoms with van der Waals surface area (Å²) >= 11 is 0. The van der Waals surface area contributed by atoms with E-state index in [-0.39, 0.29) is 5.56 Å². The van der Waals surface area contributed by atoms with E-state index in [9.17, 15) is 9.18 Å². The van der Waals surface area contributed by atoms with Gasteiger partial charge in [-0.15, -0.1) is 0 Å². The van der Waals surface area contributed by atoms with Crippen LogP contribution in [-0.4, -0.2) is 45.5 Å². The lowest BCUT2D eigenvalue weighted by atomic mass is 9.82. The number of hydrogen-bond acceptors (Lipinski definition) is 3. The number of nitrogens with zero attached hydrogens (tertiary/aromatic N) is 3. The van der Waals surface area contributed by atoms with Crippen LogP contribution in [0.1, 0.15) is 47.5 Å². The molecular weight excluding hydrogens is 321 g/mol. The van der Waals surface area contributed by atoms with Gasteiger partial charge >= 0.3 is 0 Å². The fraction of sp³-hybridized carbons (Fsp3) is 0.444. The van der Waals surface area contributed by atoms with E-state index in [1.807, 2.05) is 6.20 Å². The summed E-state index contributed by atoms with van der Waals surface area (Å²) in [4.78, 5) is 17.2. The summed E-state index contributed by atoms with van der Waals surface area (Å²) < 4.78 is 15.5. The van der Waals surface area contributed by atoms with Gasteiger partial charge in [-0.25, -0.2) is 8.91 Å². The summed E-state index contributed by atoms with van der Waals surface area (Å²) in [5.74, 6) is -0.726. The minimum Gasteiger partial charge on any atom is -0.366 e. The van der Waals surface area contributed by atoms with Gasteiger partial charge in [0.2, 0.25) is 0 Å². The minimum absolute atomic E-state index is 0.146. The number of H-pyrrole nitrogens is 1. The molecule has 25 heavy (non-hydrogen) atoms. The minimum atomic E-state index is -0.658. The molecule has 2 heterocycles. The molecule has 1 aromatic carbocycles. The smallest absolute Gasteiger partial charge is 0.251 e. The predicted octanol–water partition coefficient (Wildman–Crippen LogP) is 2.64. The first-order chi connectivity index (χ1) is 12.0. The lowest BCUT2D eigenvalue weighted by Gasteiger charge is -2.32. The van der Waals surface area contributed by atoms with E-state index in [4.69, 9.17) is 5.73 Å². The fourth-order valence-electron chi connectivity index (χ4n) is 4.10. The van der Waals surface area contributed by atoms with Crippen molar-refractivity contribution in [3.05, 3.63) is 35.3 Å². The van der Waals surface area contributed by atoms with Crippen molar-refractivity contribution in [1.29, 1.82) is 0 Å². The van der Waals surface area contributed by atoms with E-state index in [0.717, 1.165) is 36.9 Å². The Morgan fingerprint density at radius 1 is 1.32 bits per heavy atom. The number of rotatable bonds is 3. The highest BCUT2D eigenvalue weighted by Crippen LogP contribution is 2.37. The third-order valence-corrected chi connectivity index (χ3v) is 5.47. The third kappa shape index (κ3) is 2.59. The second-order valence-electron chi connectivity index (χ2n) is 7.17. The number of primary amides is 1. The molecule has 0 atom stereocenters. The van der Waals surface area contributed by atoms with Crippen molar-refractivity contribution in [1.82, 2.24) is 19.5 Å². The van der Waals surface area contributed by atoms with Gasteiger partial charge in [-0.2, -0.15) is 5.10 Å². The summed E-state index contributed by atoms with van der Waals surface area (Å²) in [5, 5.41) is 4.45. The first-order valence-electron chi connectivity index (χ1n) is 8.60. The third-order valence-electron chi connectivity index (χ3n) is 5.47. The van der Waals surface area contributed by atoms with Crippen molar-refractivity contribution >= 4 is 22.6 Å². The average Bonchev–Trinajstić information content (AvgIpc) is 3.12. The second kappa shape index (κ2) is 5.84. The zero-order valence-corrected chi connectivity index (χ0v) is 14.4. The first kappa shape index (κ1) is 16.1. The maximum Gasteiger partial charge on any atom is 0.251 e. The fourth-order valence-corrected chi connectivity index (χ4v) is 4.10. The highest BCUT2D eigenvalue weighted by molar-refractivity contribution is 6.05. The van der Waals surface area contributed by atoms with Crippen molar-refractivity contribution in [3.8, 4) is 0 Å². The van der Waals surface area contributed by atoms with Crippen LogP contribution in [0.3, 0.4) is 0 Å². The number of amides is 1. The molecule has 1 amide bonds. The number of carbonyl (C=O) groups is 1. The quantitative estimate of drug-likeness (QED) is 0.767. The van der Waals surface area contributed by atoms with Gasteiger partial charge in [0, 0.05) is 11.6 Å².